The number of carbonyl (C=O) groups excluding carboxylic acids is 2. The first-order valence-electron chi connectivity index (χ1n) is 9.64. The summed E-state index contributed by atoms with van der Waals surface area (Å²) in [5, 5.41) is 14.5. The van der Waals surface area contributed by atoms with Crippen molar-refractivity contribution in [3.63, 3.8) is 0 Å². The minimum absolute atomic E-state index is 0.0517. The highest BCUT2D eigenvalue weighted by atomic mass is 32.2. The minimum Gasteiger partial charge on any atom is -0.491 e. The molecule has 2 aromatic heterocycles. The summed E-state index contributed by atoms with van der Waals surface area (Å²) in [6.45, 7) is 4.12. The van der Waals surface area contributed by atoms with Gasteiger partial charge in [-0.25, -0.2) is 14.4 Å². The lowest BCUT2D eigenvalue weighted by Crippen LogP contribution is -2.29. The molecule has 3 rings (SSSR count). The van der Waals surface area contributed by atoms with E-state index in [2.05, 4.69) is 25.6 Å². The molecule has 0 aliphatic carbocycles. The second kappa shape index (κ2) is 10.9. The number of anilines is 2. The molecule has 174 valence electrons. The first-order valence-corrected chi connectivity index (χ1v) is 11.3. The molecular formula is C20H20FN5O5S2. The fraction of sp³-hybridized carbons (Fsp3) is 0.250. The summed E-state index contributed by atoms with van der Waals surface area (Å²) in [5.74, 6) is -3.43. The van der Waals surface area contributed by atoms with Crippen molar-refractivity contribution in [1.82, 2.24) is 15.0 Å². The number of thiazole rings is 1. The predicted molar refractivity (Wildman–Crippen MR) is 120 cm³/mol. The van der Waals surface area contributed by atoms with Crippen LogP contribution in [0.1, 0.15) is 19.5 Å². The molecule has 0 aliphatic heterocycles. The second-order valence-electron chi connectivity index (χ2n) is 7.07. The Morgan fingerprint density at radius 2 is 2.03 bits per heavy atom. The Hall–Kier alpha value is -3.45. The smallest absolute Gasteiger partial charge is 0.315 e. The summed E-state index contributed by atoms with van der Waals surface area (Å²) in [6.07, 6.45) is 2.79. The molecule has 0 bridgehead atoms. The number of aromatic amines is 1. The number of H-pyrrole nitrogens is 1. The van der Waals surface area contributed by atoms with Gasteiger partial charge in [0.1, 0.15) is 11.6 Å². The van der Waals surface area contributed by atoms with Gasteiger partial charge in [-0.1, -0.05) is 25.2 Å². The SMILES string of the molecule is CC(C)COc1cc(F)ccc1NC(=O)C(=O)Nc1nc(CC(=O)O)c(Sc2ncc[nH]2)s1. The molecule has 33 heavy (non-hydrogen) atoms. The van der Waals surface area contributed by atoms with Crippen LogP contribution in [0.4, 0.5) is 15.2 Å². The second-order valence-corrected chi connectivity index (χ2v) is 9.33. The van der Waals surface area contributed by atoms with Gasteiger partial charge in [0, 0.05) is 18.5 Å². The lowest BCUT2D eigenvalue weighted by Gasteiger charge is -2.13. The molecule has 3 aromatic rings. The van der Waals surface area contributed by atoms with Gasteiger partial charge in [0.25, 0.3) is 0 Å². The zero-order valence-corrected chi connectivity index (χ0v) is 19.2. The molecule has 0 fully saturated rings. The van der Waals surface area contributed by atoms with Crippen LogP contribution in [-0.2, 0) is 20.8 Å². The van der Waals surface area contributed by atoms with E-state index in [0.717, 1.165) is 35.2 Å². The van der Waals surface area contributed by atoms with Crippen LogP contribution in [0.25, 0.3) is 0 Å². The van der Waals surface area contributed by atoms with Crippen LogP contribution in [0.3, 0.4) is 0 Å². The summed E-state index contributed by atoms with van der Waals surface area (Å²) >= 11 is 2.17. The average molecular weight is 494 g/mol. The summed E-state index contributed by atoms with van der Waals surface area (Å²) in [6, 6.07) is 3.54. The number of carboxylic acid groups (broad SMARTS) is 1. The van der Waals surface area contributed by atoms with Crippen molar-refractivity contribution in [3.8, 4) is 5.75 Å². The first-order chi connectivity index (χ1) is 15.7. The summed E-state index contributed by atoms with van der Waals surface area (Å²) in [7, 11) is 0. The number of hydrogen-bond acceptors (Lipinski definition) is 8. The Balaban J connectivity index is 1.71. The maximum absolute atomic E-state index is 13.6. The van der Waals surface area contributed by atoms with Crippen molar-refractivity contribution >= 4 is 51.7 Å². The molecule has 0 aliphatic rings. The topological polar surface area (TPSA) is 146 Å². The molecule has 1 aromatic carbocycles. The fourth-order valence-electron chi connectivity index (χ4n) is 2.43. The van der Waals surface area contributed by atoms with E-state index in [1.54, 1.807) is 12.4 Å². The number of carboxylic acids is 1. The van der Waals surface area contributed by atoms with Crippen LogP contribution in [0.15, 0.2) is 40.0 Å². The molecule has 13 heteroatoms. The number of aliphatic carboxylic acids is 1. The van der Waals surface area contributed by atoms with Crippen LogP contribution in [-0.4, -0.2) is 44.4 Å². The Morgan fingerprint density at radius 3 is 2.70 bits per heavy atom. The predicted octanol–water partition coefficient (Wildman–Crippen LogP) is 3.40. The van der Waals surface area contributed by atoms with E-state index in [1.807, 2.05) is 13.8 Å². The molecule has 0 spiro atoms. The highest BCUT2D eigenvalue weighted by molar-refractivity contribution is 8.01. The van der Waals surface area contributed by atoms with Crippen LogP contribution in [0.5, 0.6) is 5.75 Å². The van der Waals surface area contributed by atoms with E-state index in [4.69, 9.17) is 9.84 Å². The van der Waals surface area contributed by atoms with E-state index in [9.17, 15) is 18.8 Å². The molecular weight excluding hydrogens is 473 g/mol. The third kappa shape index (κ3) is 7.02. The number of benzene rings is 1. The third-order valence-corrected chi connectivity index (χ3v) is 5.98. The molecule has 10 nitrogen and oxygen atoms in total. The molecule has 4 N–H and O–H groups in total. The lowest BCUT2D eigenvalue weighted by atomic mass is 10.2. The van der Waals surface area contributed by atoms with Crippen molar-refractivity contribution in [3.05, 3.63) is 42.1 Å². The van der Waals surface area contributed by atoms with Crippen molar-refractivity contribution in [2.45, 2.75) is 29.6 Å². The molecule has 0 saturated heterocycles. The largest absolute Gasteiger partial charge is 0.491 e. The zero-order valence-electron chi connectivity index (χ0n) is 17.5. The molecule has 2 amide bonds. The number of ether oxygens (including phenoxy) is 1. The maximum Gasteiger partial charge on any atom is 0.315 e. The van der Waals surface area contributed by atoms with Crippen molar-refractivity contribution < 1.29 is 28.6 Å². The van der Waals surface area contributed by atoms with Gasteiger partial charge < -0.3 is 20.1 Å². The van der Waals surface area contributed by atoms with E-state index in [1.165, 1.54) is 6.07 Å². The number of amides is 2. The Labute approximate surface area is 196 Å². The number of nitrogens with one attached hydrogen (secondary N) is 3. The van der Waals surface area contributed by atoms with Gasteiger partial charge in [-0.05, 0) is 29.8 Å². The van der Waals surface area contributed by atoms with Crippen molar-refractivity contribution in [2.24, 2.45) is 5.92 Å². The molecule has 2 heterocycles. The molecule has 0 atom stereocenters. The van der Waals surface area contributed by atoms with Crippen LogP contribution in [0, 0.1) is 11.7 Å². The van der Waals surface area contributed by atoms with Gasteiger partial charge in [0.2, 0.25) is 0 Å². The van der Waals surface area contributed by atoms with E-state index >= 15 is 0 Å². The van der Waals surface area contributed by atoms with Crippen LogP contribution >= 0.6 is 23.1 Å². The molecule has 0 unspecified atom stereocenters. The molecule has 0 radical (unpaired) electrons. The number of rotatable bonds is 9. The Bertz CT molecular complexity index is 1150. The van der Waals surface area contributed by atoms with Crippen molar-refractivity contribution in [2.75, 3.05) is 17.2 Å². The van der Waals surface area contributed by atoms with E-state index in [0.29, 0.717) is 16.0 Å². The van der Waals surface area contributed by atoms with Crippen LogP contribution in [0.2, 0.25) is 0 Å². The van der Waals surface area contributed by atoms with Gasteiger partial charge >= 0.3 is 17.8 Å². The normalized spacial score (nSPS) is 10.8. The minimum atomic E-state index is -1.09. The summed E-state index contributed by atoms with van der Waals surface area (Å²) in [5.41, 5.74) is 0.365. The van der Waals surface area contributed by atoms with E-state index in [-0.39, 0.29) is 34.6 Å². The fourth-order valence-corrected chi connectivity index (χ4v) is 4.43. The number of nitrogens with zero attached hydrogens (tertiary/aromatic N) is 2. The molecule has 0 saturated carbocycles. The third-order valence-electron chi connectivity index (χ3n) is 3.83. The van der Waals surface area contributed by atoms with E-state index < -0.39 is 23.6 Å². The van der Waals surface area contributed by atoms with Gasteiger partial charge in [0.15, 0.2) is 10.3 Å². The number of halogens is 1. The summed E-state index contributed by atoms with van der Waals surface area (Å²) in [4.78, 5) is 47.1. The number of hydrogen-bond donors (Lipinski definition) is 4. The first kappa shape index (κ1) is 24.2. The maximum atomic E-state index is 13.6. The highest BCUT2D eigenvalue weighted by Crippen LogP contribution is 2.36. The zero-order chi connectivity index (χ0) is 24.0. The van der Waals surface area contributed by atoms with Gasteiger partial charge in [0.05, 0.1) is 28.6 Å². The summed E-state index contributed by atoms with van der Waals surface area (Å²) < 4.78 is 19.6. The van der Waals surface area contributed by atoms with Gasteiger partial charge in [-0.15, -0.1) is 0 Å². The quantitative estimate of drug-likeness (QED) is 0.332. The Kier molecular flexibility index (Phi) is 8.01. The average Bonchev–Trinajstić information content (AvgIpc) is 3.38. The van der Waals surface area contributed by atoms with Gasteiger partial charge in [-0.2, -0.15) is 0 Å². The monoisotopic (exact) mass is 493 g/mol. The standard InChI is InChI=1S/C20H20FN5O5S2/c1-10(2)9-31-14-7-11(21)3-4-12(14)24-16(29)17(30)26-20-25-13(8-15(27)28)18(33-20)32-19-22-5-6-23-19/h3-7,10H,8-9H2,1-2H3,(H,22,23)(H,24,29)(H,27,28)(H,25,26,30). The Morgan fingerprint density at radius 1 is 1.27 bits per heavy atom. The number of imidazole rings is 1. The highest BCUT2D eigenvalue weighted by Gasteiger charge is 2.21. The number of carbonyl (C=O) groups is 3. The van der Waals surface area contributed by atoms with Gasteiger partial charge in [-0.3, -0.25) is 19.7 Å². The van der Waals surface area contributed by atoms with Crippen molar-refractivity contribution in [1.29, 1.82) is 0 Å². The van der Waals surface area contributed by atoms with Crippen LogP contribution < -0.4 is 15.4 Å². The lowest BCUT2D eigenvalue weighted by molar-refractivity contribution is -0.136. The number of aromatic nitrogens is 3.